The molecule has 1 aromatic rings. The van der Waals surface area contributed by atoms with Gasteiger partial charge < -0.3 is 15.0 Å². The molecule has 5 aliphatic rings. The Bertz CT molecular complexity index is 583. The number of hydrogen-bond donors (Lipinski definition) is 1. The Labute approximate surface area is 146 Å². The van der Waals surface area contributed by atoms with Gasteiger partial charge in [-0.15, -0.1) is 0 Å². The van der Waals surface area contributed by atoms with E-state index in [9.17, 15) is 4.79 Å². The molecular formula is C18H25N3O2S. The van der Waals surface area contributed by atoms with E-state index in [0.717, 1.165) is 30.7 Å². The Hall–Kier alpha value is -1.30. The van der Waals surface area contributed by atoms with Crippen LogP contribution in [0.25, 0.3) is 0 Å². The van der Waals surface area contributed by atoms with Crippen LogP contribution in [0.1, 0.15) is 44.9 Å². The van der Waals surface area contributed by atoms with Gasteiger partial charge in [0.15, 0.2) is 0 Å². The van der Waals surface area contributed by atoms with Crippen molar-refractivity contribution in [2.24, 2.45) is 17.8 Å². The quantitative estimate of drug-likeness (QED) is 0.913. The van der Waals surface area contributed by atoms with Gasteiger partial charge in [-0.05, 0) is 56.3 Å². The number of carbonyl (C=O) groups excluding carboxylic acids is 1. The van der Waals surface area contributed by atoms with Crippen LogP contribution in [-0.4, -0.2) is 40.6 Å². The minimum Gasteiger partial charge on any atom is -0.465 e. The first-order valence-electron chi connectivity index (χ1n) is 9.31. The predicted molar refractivity (Wildman–Crippen MR) is 92.2 cm³/mol. The van der Waals surface area contributed by atoms with Crippen molar-refractivity contribution in [1.82, 2.24) is 15.2 Å². The molecule has 5 fully saturated rings. The number of nitrogens with one attached hydrogen (secondary N) is 1. The molecule has 6 heteroatoms. The summed E-state index contributed by atoms with van der Waals surface area (Å²) < 4.78 is 5.88. The number of likely N-dealkylation sites (tertiary alicyclic amines) is 1. The molecule has 4 aliphatic carbocycles. The van der Waals surface area contributed by atoms with Crippen LogP contribution in [0, 0.1) is 17.8 Å². The molecule has 6 rings (SSSR count). The highest BCUT2D eigenvalue weighted by atomic mass is 32.1. The molecule has 1 aromatic heterocycles. The van der Waals surface area contributed by atoms with Gasteiger partial charge in [0.1, 0.15) is 6.10 Å². The topological polar surface area (TPSA) is 54.5 Å². The van der Waals surface area contributed by atoms with Crippen LogP contribution in [-0.2, 0) is 0 Å². The van der Waals surface area contributed by atoms with E-state index in [1.807, 2.05) is 10.3 Å². The predicted octanol–water partition coefficient (Wildman–Crippen LogP) is 3.27. The maximum absolute atomic E-state index is 12.8. The molecule has 1 unspecified atom stereocenters. The van der Waals surface area contributed by atoms with Crippen molar-refractivity contribution >= 4 is 17.4 Å². The number of amides is 2. The fraction of sp³-hybridized carbons (Fsp3) is 0.778. The largest absolute Gasteiger partial charge is 0.465 e. The summed E-state index contributed by atoms with van der Waals surface area (Å²) in [5.74, 6) is 2.57. The molecule has 4 bridgehead atoms. The first-order chi connectivity index (χ1) is 11.7. The zero-order valence-corrected chi connectivity index (χ0v) is 14.8. The SMILES string of the molecule is O=C(NC12CC3CC(CC(C3)C1)C2)N1CCC(Oc2nccs2)C1. The summed E-state index contributed by atoms with van der Waals surface area (Å²) in [4.78, 5) is 18.9. The fourth-order valence-electron chi connectivity index (χ4n) is 5.99. The van der Waals surface area contributed by atoms with Gasteiger partial charge in [0.2, 0.25) is 0 Å². The molecular weight excluding hydrogens is 322 g/mol. The van der Waals surface area contributed by atoms with Crippen molar-refractivity contribution in [1.29, 1.82) is 0 Å². The number of nitrogens with zero attached hydrogens (tertiary/aromatic N) is 2. The van der Waals surface area contributed by atoms with Crippen LogP contribution in [0.3, 0.4) is 0 Å². The van der Waals surface area contributed by atoms with Gasteiger partial charge >= 0.3 is 6.03 Å². The second-order valence-corrected chi connectivity index (χ2v) is 9.26. The summed E-state index contributed by atoms with van der Waals surface area (Å²) in [6.45, 7) is 1.46. The summed E-state index contributed by atoms with van der Waals surface area (Å²) in [6, 6.07) is 0.127. The lowest BCUT2D eigenvalue weighted by Crippen LogP contribution is -2.61. The third kappa shape index (κ3) is 2.68. The number of urea groups is 1. The third-order valence-electron chi connectivity index (χ3n) is 6.52. The summed E-state index contributed by atoms with van der Waals surface area (Å²) in [5, 5.41) is 6.09. The highest BCUT2D eigenvalue weighted by Crippen LogP contribution is 2.55. The van der Waals surface area contributed by atoms with E-state index in [-0.39, 0.29) is 17.7 Å². The Morgan fingerprint density at radius 2 is 1.96 bits per heavy atom. The van der Waals surface area contributed by atoms with Gasteiger partial charge in [0.25, 0.3) is 5.19 Å². The molecule has 5 nitrogen and oxygen atoms in total. The van der Waals surface area contributed by atoms with Crippen LogP contribution >= 0.6 is 11.3 Å². The van der Waals surface area contributed by atoms with E-state index in [1.165, 1.54) is 49.9 Å². The minimum absolute atomic E-state index is 0.0817. The average molecular weight is 347 g/mol. The monoisotopic (exact) mass is 347 g/mol. The second kappa shape index (κ2) is 5.61. The Kier molecular flexibility index (Phi) is 3.51. The highest BCUT2D eigenvalue weighted by molar-refractivity contribution is 7.11. The number of thiazole rings is 1. The normalized spacial score (nSPS) is 40.1. The molecule has 0 aromatic carbocycles. The summed E-state index contributed by atoms with van der Waals surface area (Å²) in [7, 11) is 0. The minimum atomic E-state index is 0.0817. The van der Waals surface area contributed by atoms with E-state index in [1.54, 1.807) is 6.20 Å². The number of aromatic nitrogens is 1. The van der Waals surface area contributed by atoms with Gasteiger partial charge in [0, 0.05) is 30.1 Å². The summed E-state index contributed by atoms with van der Waals surface area (Å²) >= 11 is 1.51. The van der Waals surface area contributed by atoms with Crippen molar-refractivity contribution < 1.29 is 9.53 Å². The standard InChI is InChI=1S/C18H25N3O2S/c22-16(21-3-1-15(11-21)23-17-19-2-4-24-17)20-18-8-12-5-13(9-18)7-14(6-12)10-18/h2,4,12-15H,1,3,5-11H2,(H,20,22). The molecule has 1 saturated heterocycles. The number of ether oxygens (including phenoxy) is 1. The molecule has 0 radical (unpaired) electrons. The van der Waals surface area contributed by atoms with Crippen LogP contribution in [0.2, 0.25) is 0 Å². The molecule has 2 heterocycles. The first-order valence-corrected chi connectivity index (χ1v) is 10.2. The molecule has 24 heavy (non-hydrogen) atoms. The fourth-order valence-corrected chi connectivity index (χ4v) is 6.54. The van der Waals surface area contributed by atoms with E-state index >= 15 is 0 Å². The second-order valence-electron chi connectivity index (χ2n) is 8.40. The van der Waals surface area contributed by atoms with Gasteiger partial charge in [-0.2, -0.15) is 0 Å². The van der Waals surface area contributed by atoms with Gasteiger partial charge in [-0.1, -0.05) is 11.3 Å². The van der Waals surface area contributed by atoms with Crippen molar-refractivity contribution in [2.75, 3.05) is 13.1 Å². The van der Waals surface area contributed by atoms with Crippen molar-refractivity contribution in [3.05, 3.63) is 11.6 Å². The van der Waals surface area contributed by atoms with Crippen LogP contribution in [0.5, 0.6) is 5.19 Å². The van der Waals surface area contributed by atoms with Gasteiger partial charge in [0.05, 0.1) is 6.54 Å². The number of rotatable bonds is 3. The molecule has 1 aliphatic heterocycles. The third-order valence-corrected chi connectivity index (χ3v) is 7.18. The van der Waals surface area contributed by atoms with Crippen LogP contribution in [0.15, 0.2) is 11.6 Å². The maximum atomic E-state index is 12.8. The maximum Gasteiger partial charge on any atom is 0.317 e. The smallest absolute Gasteiger partial charge is 0.317 e. The molecule has 4 saturated carbocycles. The van der Waals surface area contributed by atoms with Crippen LogP contribution < -0.4 is 10.1 Å². The molecule has 130 valence electrons. The zero-order chi connectivity index (χ0) is 16.1. The first kappa shape index (κ1) is 15.0. The van der Waals surface area contributed by atoms with Crippen molar-refractivity contribution in [3.8, 4) is 5.19 Å². The highest BCUT2D eigenvalue weighted by Gasteiger charge is 2.52. The van der Waals surface area contributed by atoms with E-state index in [0.29, 0.717) is 11.7 Å². The van der Waals surface area contributed by atoms with E-state index in [4.69, 9.17) is 4.74 Å². The van der Waals surface area contributed by atoms with Gasteiger partial charge in [-0.3, -0.25) is 0 Å². The van der Waals surface area contributed by atoms with E-state index < -0.39 is 0 Å². The lowest BCUT2D eigenvalue weighted by molar-refractivity contribution is -0.0154. The Morgan fingerprint density at radius 1 is 1.25 bits per heavy atom. The lowest BCUT2D eigenvalue weighted by Gasteiger charge is -2.57. The number of carbonyl (C=O) groups is 1. The molecule has 2 amide bonds. The average Bonchev–Trinajstić information content (AvgIpc) is 3.17. The lowest BCUT2D eigenvalue weighted by atomic mass is 9.53. The van der Waals surface area contributed by atoms with Crippen molar-refractivity contribution in [2.45, 2.75) is 56.6 Å². The van der Waals surface area contributed by atoms with Crippen LogP contribution in [0.4, 0.5) is 4.79 Å². The Morgan fingerprint density at radius 3 is 2.58 bits per heavy atom. The van der Waals surface area contributed by atoms with Gasteiger partial charge in [-0.25, -0.2) is 9.78 Å². The summed E-state index contributed by atoms with van der Waals surface area (Å²) in [5.41, 5.74) is 0.0973. The zero-order valence-electron chi connectivity index (χ0n) is 13.9. The molecule has 0 spiro atoms. The molecule has 1 atom stereocenters. The van der Waals surface area contributed by atoms with E-state index in [2.05, 4.69) is 10.3 Å². The number of hydrogen-bond acceptors (Lipinski definition) is 4. The van der Waals surface area contributed by atoms with Crippen molar-refractivity contribution in [3.63, 3.8) is 0 Å². The molecule has 1 N–H and O–H groups in total. The summed E-state index contributed by atoms with van der Waals surface area (Å²) in [6.07, 6.45) is 10.6. The Balaban J connectivity index is 1.20.